The average molecular weight is 321 g/mol. The first-order valence-electron chi connectivity index (χ1n) is 8.05. The minimum atomic E-state index is 0.0223. The monoisotopic (exact) mass is 321 g/mol. The lowest BCUT2D eigenvalue weighted by Crippen LogP contribution is -2.39. The fourth-order valence-corrected chi connectivity index (χ4v) is 3.06. The molecule has 0 spiro atoms. The normalized spacial score (nSPS) is 17.9. The van der Waals surface area contributed by atoms with Gasteiger partial charge in [0, 0.05) is 18.9 Å². The Hall–Kier alpha value is -2.66. The zero-order chi connectivity index (χ0) is 16.4. The summed E-state index contributed by atoms with van der Waals surface area (Å²) < 4.78 is 11.3. The van der Waals surface area contributed by atoms with Crippen molar-refractivity contribution in [3.63, 3.8) is 0 Å². The first-order chi connectivity index (χ1) is 11.8. The molecule has 0 aliphatic carbocycles. The fraction of sp³-hybridized carbons (Fsp3) is 0.263. The molecule has 3 aromatic rings. The van der Waals surface area contributed by atoms with Crippen LogP contribution in [0.25, 0.3) is 10.8 Å². The van der Waals surface area contributed by atoms with Gasteiger partial charge in [-0.15, -0.1) is 0 Å². The van der Waals surface area contributed by atoms with Gasteiger partial charge in [0.15, 0.2) is 0 Å². The van der Waals surface area contributed by atoms with Gasteiger partial charge in [0.25, 0.3) is 0 Å². The van der Waals surface area contributed by atoms with E-state index in [0.717, 1.165) is 30.2 Å². The summed E-state index contributed by atoms with van der Waals surface area (Å²) in [7, 11) is 1.69. The SMILES string of the molecule is COc1ccc2cc([C@H]3CN(c4ncccn4)CCO3)ccc2c1. The van der Waals surface area contributed by atoms with E-state index >= 15 is 0 Å². The topological polar surface area (TPSA) is 47.5 Å². The molecule has 1 atom stereocenters. The van der Waals surface area contributed by atoms with Crippen molar-refractivity contribution in [1.29, 1.82) is 0 Å². The van der Waals surface area contributed by atoms with Crippen molar-refractivity contribution in [2.45, 2.75) is 6.10 Å². The number of morpholine rings is 1. The van der Waals surface area contributed by atoms with Crippen LogP contribution in [0.1, 0.15) is 11.7 Å². The Bertz CT molecular complexity index is 838. The van der Waals surface area contributed by atoms with Gasteiger partial charge < -0.3 is 14.4 Å². The Kier molecular flexibility index (Phi) is 4.01. The molecular formula is C19H19N3O2. The number of hydrogen-bond acceptors (Lipinski definition) is 5. The van der Waals surface area contributed by atoms with Crippen molar-refractivity contribution in [3.05, 3.63) is 60.4 Å². The van der Waals surface area contributed by atoms with E-state index in [1.807, 2.05) is 18.2 Å². The zero-order valence-electron chi connectivity index (χ0n) is 13.6. The van der Waals surface area contributed by atoms with Gasteiger partial charge in [0.1, 0.15) is 11.9 Å². The molecule has 24 heavy (non-hydrogen) atoms. The van der Waals surface area contributed by atoms with Crippen LogP contribution in [0.4, 0.5) is 5.95 Å². The van der Waals surface area contributed by atoms with Gasteiger partial charge >= 0.3 is 0 Å². The van der Waals surface area contributed by atoms with Crippen molar-refractivity contribution in [2.24, 2.45) is 0 Å². The van der Waals surface area contributed by atoms with Crippen LogP contribution in [0.15, 0.2) is 54.9 Å². The maximum absolute atomic E-state index is 5.99. The van der Waals surface area contributed by atoms with Crippen LogP contribution in [0.3, 0.4) is 0 Å². The molecule has 1 fully saturated rings. The van der Waals surface area contributed by atoms with Crippen molar-refractivity contribution >= 4 is 16.7 Å². The van der Waals surface area contributed by atoms with Gasteiger partial charge in [0.05, 0.1) is 20.3 Å². The molecule has 1 aromatic heterocycles. The largest absolute Gasteiger partial charge is 0.497 e. The number of nitrogens with zero attached hydrogens (tertiary/aromatic N) is 3. The van der Waals surface area contributed by atoms with E-state index in [2.05, 4.69) is 39.1 Å². The molecule has 0 unspecified atom stereocenters. The Labute approximate surface area is 140 Å². The number of fused-ring (bicyclic) bond motifs is 1. The molecule has 1 saturated heterocycles. The number of anilines is 1. The summed E-state index contributed by atoms with van der Waals surface area (Å²) in [6, 6.07) is 14.4. The Morgan fingerprint density at radius 2 is 1.88 bits per heavy atom. The summed E-state index contributed by atoms with van der Waals surface area (Å²) in [4.78, 5) is 10.9. The van der Waals surface area contributed by atoms with Crippen molar-refractivity contribution < 1.29 is 9.47 Å². The minimum absolute atomic E-state index is 0.0223. The van der Waals surface area contributed by atoms with Crippen LogP contribution in [-0.2, 0) is 4.74 Å². The first kappa shape index (κ1) is 14.9. The van der Waals surface area contributed by atoms with E-state index in [-0.39, 0.29) is 6.10 Å². The number of rotatable bonds is 3. The quantitative estimate of drug-likeness (QED) is 0.741. The molecule has 122 valence electrons. The standard InChI is InChI=1S/C19H19N3O2/c1-23-17-6-5-14-11-16(4-3-15(14)12-17)18-13-22(9-10-24-18)19-20-7-2-8-21-19/h2-8,11-12,18H,9-10,13H2,1H3/t18-/m1/s1. The van der Waals surface area contributed by atoms with Crippen LogP contribution < -0.4 is 9.64 Å². The summed E-state index contributed by atoms with van der Waals surface area (Å²) in [5, 5.41) is 2.35. The molecule has 0 radical (unpaired) electrons. The van der Waals surface area contributed by atoms with E-state index in [0.29, 0.717) is 6.61 Å². The second kappa shape index (κ2) is 6.45. The molecule has 1 aliphatic rings. The van der Waals surface area contributed by atoms with E-state index in [9.17, 15) is 0 Å². The number of ether oxygens (including phenoxy) is 2. The van der Waals surface area contributed by atoms with Gasteiger partial charge in [0.2, 0.25) is 5.95 Å². The average Bonchev–Trinajstić information content (AvgIpc) is 2.68. The number of hydrogen-bond donors (Lipinski definition) is 0. The highest BCUT2D eigenvalue weighted by Crippen LogP contribution is 2.28. The number of aromatic nitrogens is 2. The third-order valence-corrected chi connectivity index (χ3v) is 4.34. The van der Waals surface area contributed by atoms with Crippen LogP contribution in [0.2, 0.25) is 0 Å². The van der Waals surface area contributed by atoms with Crippen LogP contribution in [0.5, 0.6) is 5.75 Å². The van der Waals surface area contributed by atoms with Gasteiger partial charge in [-0.1, -0.05) is 18.2 Å². The van der Waals surface area contributed by atoms with Gasteiger partial charge in [-0.25, -0.2) is 9.97 Å². The van der Waals surface area contributed by atoms with E-state index in [1.54, 1.807) is 19.5 Å². The molecule has 5 nitrogen and oxygen atoms in total. The Balaban J connectivity index is 1.59. The lowest BCUT2D eigenvalue weighted by Gasteiger charge is -2.33. The molecule has 0 saturated carbocycles. The lowest BCUT2D eigenvalue weighted by molar-refractivity contribution is 0.0393. The third kappa shape index (κ3) is 2.90. The van der Waals surface area contributed by atoms with Gasteiger partial charge in [-0.3, -0.25) is 0 Å². The third-order valence-electron chi connectivity index (χ3n) is 4.34. The maximum Gasteiger partial charge on any atom is 0.225 e. The second-order valence-corrected chi connectivity index (χ2v) is 5.83. The van der Waals surface area contributed by atoms with Crippen molar-refractivity contribution in [3.8, 4) is 5.75 Å². The van der Waals surface area contributed by atoms with Crippen LogP contribution >= 0.6 is 0 Å². The summed E-state index contributed by atoms with van der Waals surface area (Å²) in [6.07, 6.45) is 3.57. The highest BCUT2D eigenvalue weighted by Gasteiger charge is 2.23. The molecule has 1 aliphatic heterocycles. The summed E-state index contributed by atoms with van der Waals surface area (Å²) in [5.74, 6) is 1.63. The molecule has 2 aromatic carbocycles. The molecule has 0 amide bonds. The molecule has 5 heteroatoms. The number of methoxy groups -OCH3 is 1. The predicted octanol–water partition coefficient (Wildman–Crippen LogP) is 3.22. The second-order valence-electron chi connectivity index (χ2n) is 5.83. The number of benzene rings is 2. The fourth-order valence-electron chi connectivity index (χ4n) is 3.06. The zero-order valence-corrected chi connectivity index (χ0v) is 13.6. The Morgan fingerprint density at radius 3 is 2.71 bits per heavy atom. The van der Waals surface area contributed by atoms with E-state index < -0.39 is 0 Å². The highest BCUT2D eigenvalue weighted by molar-refractivity contribution is 5.84. The van der Waals surface area contributed by atoms with Crippen molar-refractivity contribution in [1.82, 2.24) is 9.97 Å². The lowest BCUT2D eigenvalue weighted by atomic mass is 10.0. The first-order valence-corrected chi connectivity index (χ1v) is 8.05. The predicted molar refractivity (Wildman–Crippen MR) is 93.4 cm³/mol. The molecule has 0 bridgehead atoms. The van der Waals surface area contributed by atoms with E-state index in [4.69, 9.17) is 9.47 Å². The highest BCUT2D eigenvalue weighted by atomic mass is 16.5. The van der Waals surface area contributed by atoms with E-state index in [1.165, 1.54) is 10.9 Å². The van der Waals surface area contributed by atoms with Crippen LogP contribution in [0, 0.1) is 0 Å². The minimum Gasteiger partial charge on any atom is -0.497 e. The van der Waals surface area contributed by atoms with Crippen LogP contribution in [-0.4, -0.2) is 36.8 Å². The Morgan fingerprint density at radius 1 is 1.08 bits per heavy atom. The molecule has 2 heterocycles. The summed E-state index contributed by atoms with van der Waals surface area (Å²) in [6.45, 7) is 2.24. The van der Waals surface area contributed by atoms with Gasteiger partial charge in [-0.2, -0.15) is 0 Å². The van der Waals surface area contributed by atoms with Crippen molar-refractivity contribution in [2.75, 3.05) is 31.7 Å². The maximum atomic E-state index is 5.99. The molecular weight excluding hydrogens is 302 g/mol. The summed E-state index contributed by atoms with van der Waals surface area (Å²) >= 11 is 0. The molecule has 4 rings (SSSR count). The smallest absolute Gasteiger partial charge is 0.225 e. The molecule has 0 N–H and O–H groups in total. The van der Waals surface area contributed by atoms with Gasteiger partial charge in [-0.05, 0) is 40.6 Å². The summed E-state index contributed by atoms with van der Waals surface area (Å²) in [5.41, 5.74) is 1.17.